The number of carbonyl (C=O) groups is 1. The van der Waals surface area contributed by atoms with Crippen LogP contribution < -0.4 is 5.32 Å². The number of tetrazole rings is 1. The molecule has 0 amide bonds. The van der Waals surface area contributed by atoms with Gasteiger partial charge in [-0.25, -0.2) is 0 Å². The number of aromatic nitrogens is 4. The van der Waals surface area contributed by atoms with E-state index < -0.39 is 0 Å². The number of nitrogens with one attached hydrogen (secondary N) is 1. The second-order valence-corrected chi connectivity index (χ2v) is 4.66. The number of carbonyl (C=O) groups excluding carboxylic acids is 1. The lowest BCUT2D eigenvalue weighted by Gasteiger charge is -2.20. The molecule has 0 bridgehead atoms. The number of para-hydroxylation sites is 1. The molecule has 1 aromatic carbocycles. The minimum absolute atomic E-state index is 0.0257. The maximum atomic E-state index is 11.9. The molecule has 98 valence electrons. The van der Waals surface area contributed by atoms with E-state index in [4.69, 9.17) is 0 Å². The third-order valence-corrected chi connectivity index (χ3v) is 3.36. The first kappa shape index (κ1) is 12.0. The summed E-state index contributed by atoms with van der Waals surface area (Å²) in [6, 6.07) is 9.71. The highest BCUT2D eigenvalue weighted by Crippen LogP contribution is 2.14. The molecule has 1 aliphatic heterocycles. The SMILES string of the molecule is O=C1CCNCC1Cc1nnnn1-c1ccccc1. The standard InChI is InChI=1S/C13H15N5O/c19-12-6-7-14-9-10(12)8-13-15-16-17-18(13)11-4-2-1-3-5-11/h1-5,10,14H,6-9H2. The minimum Gasteiger partial charge on any atom is -0.316 e. The van der Waals surface area contributed by atoms with Gasteiger partial charge >= 0.3 is 0 Å². The first-order valence-electron chi connectivity index (χ1n) is 6.41. The van der Waals surface area contributed by atoms with Crippen molar-refractivity contribution >= 4 is 5.78 Å². The zero-order valence-electron chi connectivity index (χ0n) is 10.5. The lowest BCUT2D eigenvalue weighted by atomic mass is 9.94. The Balaban J connectivity index is 1.82. The third kappa shape index (κ3) is 2.53. The van der Waals surface area contributed by atoms with Crippen molar-refractivity contribution in [2.45, 2.75) is 12.8 Å². The Bertz CT molecular complexity index is 565. The molecule has 1 aliphatic rings. The second kappa shape index (κ2) is 5.27. The Morgan fingerprint density at radius 2 is 2.16 bits per heavy atom. The summed E-state index contributed by atoms with van der Waals surface area (Å²) >= 11 is 0. The monoisotopic (exact) mass is 257 g/mol. The zero-order valence-corrected chi connectivity index (χ0v) is 10.5. The molecule has 3 rings (SSSR count). The van der Waals surface area contributed by atoms with Crippen molar-refractivity contribution in [3.05, 3.63) is 36.2 Å². The number of nitrogens with zero attached hydrogens (tertiary/aromatic N) is 4. The number of hydrogen-bond donors (Lipinski definition) is 1. The molecule has 1 unspecified atom stereocenters. The van der Waals surface area contributed by atoms with Gasteiger partial charge in [-0.15, -0.1) is 5.10 Å². The highest BCUT2D eigenvalue weighted by Gasteiger charge is 2.24. The highest BCUT2D eigenvalue weighted by molar-refractivity contribution is 5.82. The number of ketones is 1. The first-order chi connectivity index (χ1) is 9.34. The predicted octanol–water partition coefficient (Wildman–Crippen LogP) is 0.383. The molecule has 0 aliphatic carbocycles. The Morgan fingerprint density at radius 3 is 2.95 bits per heavy atom. The fourth-order valence-electron chi connectivity index (χ4n) is 2.31. The normalized spacial score (nSPS) is 19.6. The molecule has 1 atom stereocenters. The predicted molar refractivity (Wildman–Crippen MR) is 68.8 cm³/mol. The van der Waals surface area contributed by atoms with Crippen molar-refractivity contribution < 1.29 is 4.79 Å². The largest absolute Gasteiger partial charge is 0.316 e. The number of benzene rings is 1. The van der Waals surface area contributed by atoms with Crippen molar-refractivity contribution in [1.82, 2.24) is 25.5 Å². The van der Waals surface area contributed by atoms with Crippen LogP contribution in [-0.4, -0.2) is 39.1 Å². The van der Waals surface area contributed by atoms with Gasteiger partial charge in [-0.3, -0.25) is 4.79 Å². The van der Waals surface area contributed by atoms with Crippen LogP contribution in [0.15, 0.2) is 30.3 Å². The highest BCUT2D eigenvalue weighted by atomic mass is 16.1. The van der Waals surface area contributed by atoms with E-state index in [0.717, 1.165) is 18.1 Å². The topological polar surface area (TPSA) is 72.7 Å². The van der Waals surface area contributed by atoms with Crippen molar-refractivity contribution in [1.29, 1.82) is 0 Å². The zero-order chi connectivity index (χ0) is 13.1. The first-order valence-corrected chi connectivity index (χ1v) is 6.41. The van der Waals surface area contributed by atoms with Gasteiger partial charge in [0.1, 0.15) is 5.78 Å². The molecule has 19 heavy (non-hydrogen) atoms. The summed E-state index contributed by atoms with van der Waals surface area (Å²) in [6.45, 7) is 1.49. The van der Waals surface area contributed by atoms with Crippen LogP contribution in [0, 0.1) is 5.92 Å². The van der Waals surface area contributed by atoms with E-state index in [1.807, 2.05) is 30.3 Å². The molecule has 1 fully saturated rings. The Kier molecular flexibility index (Phi) is 3.33. The fourth-order valence-corrected chi connectivity index (χ4v) is 2.31. The molecular weight excluding hydrogens is 242 g/mol. The molecule has 0 saturated carbocycles. The van der Waals surface area contributed by atoms with E-state index in [1.54, 1.807) is 4.68 Å². The van der Waals surface area contributed by atoms with Crippen LogP contribution in [0.4, 0.5) is 0 Å². The number of Topliss-reactive ketones (excluding diaryl/α,β-unsaturated/α-hetero) is 1. The summed E-state index contributed by atoms with van der Waals surface area (Å²) in [6.07, 6.45) is 1.17. The van der Waals surface area contributed by atoms with E-state index in [-0.39, 0.29) is 5.92 Å². The van der Waals surface area contributed by atoms with Gasteiger partial charge in [-0.1, -0.05) is 18.2 Å². The van der Waals surface area contributed by atoms with E-state index in [0.29, 0.717) is 25.2 Å². The smallest absolute Gasteiger partial charge is 0.157 e. The van der Waals surface area contributed by atoms with Crippen LogP contribution in [0.3, 0.4) is 0 Å². The Labute approximate surface area is 110 Å². The number of piperidine rings is 1. The second-order valence-electron chi connectivity index (χ2n) is 4.66. The number of hydrogen-bond acceptors (Lipinski definition) is 5. The van der Waals surface area contributed by atoms with Gasteiger partial charge in [0.2, 0.25) is 0 Å². The summed E-state index contributed by atoms with van der Waals surface area (Å²) in [5.41, 5.74) is 0.915. The van der Waals surface area contributed by atoms with Crippen molar-refractivity contribution in [3.63, 3.8) is 0 Å². The molecule has 6 nitrogen and oxygen atoms in total. The van der Waals surface area contributed by atoms with Gasteiger partial charge in [0.05, 0.1) is 5.69 Å². The average Bonchev–Trinajstić information content (AvgIpc) is 2.91. The van der Waals surface area contributed by atoms with Gasteiger partial charge in [0, 0.05) is 31.8 Å². The van der Waals surface area contributed by atoms with Crippen LogP contribution in [0.2, 0.25) is 0 Å². The lowest BCUT2D eigenvalue weighted by molar-refractivity contribution is -0.123. The molecule has 2 aromatic rings. The van der Waals surface area contributed by atoms with Gasteiger partial charge in [-0.2, -0.15) is 4.68 Å². The van der Waals surface area contributed by atoms with E-state index >= 15 is 0 Å². The number of rotatable bonds is 3. The van der Waals surface area contributed by atoms with Gasteiger partial charge in [0.15, 0.2) is 5.82 Å². The molecule has 0 radical (unpaired) electrons. The lowest BCUT2D eigenvalue weighted by Crippen LogP contribution is -2.38. The van der Waals surface area contributed by atoms with Crippen LogP contribution in [0.25, 0.3) is 5.69 Å². The van der Waals surface area contributed by atoms with E-state index in [2.05, 4.69) is 20.8 Å². The quantitative estimate of drug-likeness (QED) is 0.860. The van der Waals surface area contributed by atoms with Crippen LogP contribution in [0.1, 0.15) is 12.2 Å². The molecule has 1 saturated heterocycles. The van der Waals surface area contributed by atoms with E-state index in [1.165, 1.54) is 0 Å². The van der Waals surface area contributed by atoms with Crippen molar-refractivity contribution in [2.75, 3.05) is 13.1 Å². The summed E-state index contributed by atoms with van der Waals surface area (Å²) in [7, 11) is 0. The van der Waals surface area contributed by atoms with E-state index in [9.17, 15) is 4.79 Å². The molecule has 1 aromatic heterocycles. The van der Waals surface area contributed by atoms with Gasteiger partial charge in [-0.05, 0) is 22.6 Å². The van der Waals surface area contributed by atoms with Gasteiger partial charge in [0.25, 0.3) is 0 Å². The fraction of sp³-hybridized carbons (Fsp3) is 0.385. The summed E-state index contributed by atoms with van der Waals surface area (Å²) < 4.78 is 1.70. The summed E-state index contributed by atoms with van der Waals surface area (Å²) in [4.78, 5) is 11.9. The summed E-state index contributed by atoms with van der Waals surface area (Å²) in [5, 5.41) is 15.0. The van der Waals surface area contributed by atoms with Gasteiger partial charge < -0.3 is 5.32 Å². The average molecular weight is 257 g/mol. The maximum absolute atomic E-state index is 11.9. The van der Waals surface area contributed by atoms with Crippen LogP contribution in [-0.2, 0) is 11.2 Å². The van der Waals surface area contributed by atoms with Crippen LogP contribution >= 0.6 is 0 Å². The molecule has 1 N–H and O–H groups in total. The van der Waals surface area contributed by atoms with Crippen LogP contribution in [0.5, 0.6) is 0 Å². The van der Waals surface area contributed by atoms with Crippen molar-refractivity contribution in [3.8, 4) is 5.69 Å². The Morgan fingerprint density at radius 1 is 1.32 bits per heavy atom. The summed E-state index contributed by atoms with van der Waals surface area (Å²) in [5.74, 6) is 0.997. The molecule has 6 heteroatoms. The minimum atomic E-state index is -0.0257. The molecular formula is C13H15N5O. The maximum Gasteiger partial charge on any atom is 0.157 e. The van der Waals surface area contributed by atoms with Crippen molar-refractivity contribution in [2.24, 2.45) is 5.92 Å². The third-order valence-electron chi connectivity index (χ3n) is 3.36. The molecule has 2 heterocycles. The molecule has 0 spiro atoms. The Hall–Kier alpha value is -2.08.